The van der Waals surface area contributed by atoms with Crippen LogP contribution in [0.5, 0.6) is 0 Å². The number of carbonyl (C=O) groups excluding carboxylic acids is 2. The minimum atomic E-state index is -0.445. The minimum Gasteiger partial charge on any atom is -0.458 e. The zero-order valence-electron chi connectivity index (χ0n) is 19.1. The molecular formula is C26H28N2O4S2. The highest BCUT2D eigenvalue weighted by Gasteiger charge is 2.16. The van der Waals surface area contributed by atoms with Gasteiger partial charge in [0.15, 0.2) is 0 Å². The van der Waals surface area contributed by atoms with Gasteiger partial charge in [-0.15, -0.1) is 23.5 Å². The summed E-state index contributed by atoms with van der Waals surface area (Å²) in [5, 5.41) is 0. The lowest BCUT2D eigenvalue weighted by Gasteiger charge is -2.15. The van der Waals surface area contributed by atoms with E-state index in [1.807, 2.05) is 62.4 Å². The average Bonchev–Trinajstić information content (AvgIpc) is 2.83. The van der Waals surface area contributed by atoms with Crippen LogP contribution in [-0.4, -0.2) is 35.7 Å². The first-order valence-corrected chi connectivity index (χ1v) is 12.8. The van der Waals surface area contributed by atoms with Crippen LogP contribution in [-0.2, 0) is 9.47 Å². The number of hydrogen-bond donors (Lipinski definition) is 2. The van der Waals surface area contributed by atoms with E-state index in [0.29, 0.717) is 34.0 Å². The molecule has 3 aromatic carbocycles. The molecule has 3 aromatic rings. The van der Waals surface area contributed by atoms with E-state index in [2.05, 4.69) is 0 Å². The maximum atomic E-state index is 12.5. The number of hydrogen-bond acceptors (Lipinski definition) is 8. The Morgan fingerprint density at radius 3 is 1.38 bits per heavy atom. The Morgan fingerprint density at radius 2 is 1.03 bits per heavy atom. The Morgan fingerprint density at radius 1 is 0.676 bits per heavy atom. The van der Waals surface area contributed by atoms with E-state index in [4.69, 9.17) is 20.9 Å². The fraction of sp³-hybridized carbons (Fsp3) is 0.231. The highest BCUT2D eigenvalue weighted by atomic mass is 32.2. The van der Waals surface area contributed by atoms with Gasteiger partial charge in [-0.3, -0.25) is 0 Å². The number of rotatable bonds is 10. The van der Waals surface area contributed by atoms with Gasteiger partial charge in [-0.25, -0.2) is 9.59 Å². The van der Waals surface area contributed by atoms with E-state index in [1.165, 1.54) is 23.5 Å². The van der Waals surface area contributed by atoms with Crippen LogP contribution in [0, 0.1) is 0 Å². The van der Waals surface area contributed by atoms with Gasteiger partial charge in [0.1, 0.15) is 12.2 Å². The smallest absolute Gasteiger partial charge is 0.338 e. The van der Waals surface area contributed by atoms with Gasteiger partial charge in [-0.2, -0.15) is 0 Å². The Balaban J connectivity index is 1.46. The van der Waals surface area contributed by atoms with Gasteiger partial charge in [-0.05, 0) is 62.4 Å². The molecule has 0 fully saturated rings. The highest BCUT2D eigenvalue weighted by Crippen LogP contribution is 2.26. The van der Waals surface area contributed by atoms with Crippen molar-refractivity contribution >= 4 is 46.8 Å². The number of nitrogen functional groups attached to an aromatic ring is 2. The Hall–Kier alpha value is -3.10. The molecule has 0 aliphatic rings. The number of anilines is 2. The number of carbonyl (C=O) groups is 2. The molecule has 8 heteroatoms. The lowest BCUT2D eigenvalue weighted by atomic mass is 10.1. The summed E-state index contributed by atoms with van der Waals surface area (Å²) in [5.74, 6) is 0.266. The minimum absolute atomic E-state index is 0.307. The monoisotopic (exact) mass is 496 g/mol. The molecule has 34 heavy (non-hydrogen) atoms. The van der Waals surface area contributed by atoms with Crippen LogP contribution in [0.15, 0.2) is 82.6 Å². The first kappa shape index (κ1) is 25.5. The summed E-state index contributed by atoms with van der Waals surface area (Å²) in [4.78, 5) is 26.8. The topological polar surface area (TPSA) is 105 Å². The third kappa shape index (κ3) is 7.46. The van der Waals surface area contributed by atoms with Gasteiger partial charge >= 0.3 is 11.9 Å². The maximum Gasteiger partial charge on any atom is 0.338 e. The summed E-state index contributed by atoms with van der Waals surface area (Å²) in [7, 11) is 0. The van der Waals surface area contributed by atoms with Gasteiger partial charge in [0.25, 0.3) is 0 Å². The van der Waals surface area contributed by atoms with Crippen LogP contribution in [0.2, 0.25) is 0 Å². The van der Waals surface area contributed by atoms with E-state index in [1.54, 1.807) is 24.3 Å². The largest absolute Gasteiger partial charge is 0.458 e. The molecule has 0 saturated carbocycles. The second-order valence-electron chi connectivity index (χ2n) is 7.71. The van der Waals surface area contributed by atoms with Gasteiger partial charge in [0.2, 0.25) is 0 Å². The highest BCUT2D eigenvalue weighted by molar-refractivity contribution is 7.99. The zero-order chi connectivity index (χ0) is 24.5. The number of ether oxygens (including phenoxy) is 2. The van der Waals surface area contributed by atoms with Crippen molar-refractivity contribution in [3.63, 3.8) is 0 Å². The molecule has 0 radical (unpaired) electrons. The standard InChI is InChI=1S/C26H28N2O4S2/c1-17(15-33-23-9-5-3-7-21(23)27)31-25(29)19-11-13-20(14-12-19)26(30)32-18(2)16-34-24-10-6-4-8-22(24)28/h3-14,17-18H,15-16,27-28H2,1-2H3. The summed E-state index contributed by atoms with van der Waals surface area (Å²) in [6, 6.07) is 21.4. The molecule has 0 bridgehead atoms. The molecule has 0 saturated heterocycles. The van der Waals surface area contributed by atoms with Crippen LogP contribution < -0.4 is 11.5 Å². The summed E-state index contributed by atoms with van der Waals surface area (Å²) < 4.78 is 11.0. The SMILES string of the molecule is CC(CSc1ccccc1N)OC(=O)c1ccc(C(=O)OC(C)CSc2ccccc2N)cc1. The number of benzene rings is 3. The molecule has 4 N–H and O–H groups in total. The molecule has 0 aliphatic carbocycles. The Kier molecular flexibility index (Phi) is 9.30. The van der Waals surface area contributed by atoms with Gasteiger partial charge in [0, 0.05) is 32.7 Å². The van der Waals surface area contributed by atoms with E-state index >= 15 is 0 Å². The van der Waals surface area contributed by atoms with Crippen LogP contribution in [0.3, 0.4) is 0 Å². The molecule has 0 heterocycles. The van der Waals surface area contributed by atoms with E-state index in [9.17, 15) is 9.59 Å². The van der Waals surface area contributed by atoms with Gasteiger partial charge in [-0.1, -0.05) is 24.3 Å². The molecule has 2 unspecified atom stereocenters. The maximum absolute atomic E-state index is 12.5. The van der Waals surface area contributed by atoms with Crippen molar-refractivity contribution < 1.29 is 19.1 Å². The van der Waals surface area contributed by atoms with E-state index in [-0.39, 0.29) is 12.2 Å². The Bertz CT molecular complexity index is 1030. The summed E-state index contributed by atoms with van der Waals surface area (Å²) in [6.07, 6.45) is -0.613. The summed E-state index contributed by atoms with van der Waals surface area (Å²) in [5.41, 5.74) is 14.0. The molecule has 178 valence electrons. The van der Waals surface area contributed by atoms with Gasteiger partial charge in [0.05, 0.1) is 11.1 Å². The predicted octanol–water partition coefficient (Wildman–Crippen LogP) is 5.53. The quantitative estimate of drug-likeness (QED) is 0.215. The first-order valence-electron chi connectivity index (χ1n) is 10.8. The third-order valence-electron chi connectivity index (χ3n) is 4.76. The normalized spacial score (nSPS) is 12.5. The second-order valence-corrected chi connectivity index (χ2v) is 9.83. The molecule has 2 atom stereocenters. The molecule has 0 aromatic heterocycles. The van der Waals surface area contributed by atoms with Crippen LogP contribution >= 0.6 is 23.5 Å². The molecule has 0 amide bonds. The molecule has 0 spiro atoms. The molecular weight excluding hydrogens is 468 g/mol. The lowest BCUT2D eigenvalue weighted by molar-refractivity contribution is 0.0370. The number of thioether (sulfide) groups is 2. The van der Waals surface area contributed by atoms with Crippen molar-refractivity contribution in [2.45, 2.75) is 35.8 Å². The fourth-order valence-electron chi connectivity index (χ4n) is 2.95. The van der Waals surface area contributed by atoms with Crippen molar-refractivity contribution in [3.05, 3.63) is 83.9 Å². The lowest BCUT2D eigenvalue weighted by Crippen LogP contribution is -2.18. The third-order valence-corrected chi connectivity index (χ3v) is 7.40. The molecule has 6 nitrogen and oxygen atoms in total. The van der Waals surface area contributed by atoms with Crippen molar-refractivity contribution in [3.8, 4) is 0 Å². The van der Waals surface area contributed by atoms with Crippen LogP contribution in [0.25, 0.3) is 0 Å². The second kappa shape index (κ2) is 12.4. The van der Waals surface area contributed by atoms with Crippen molar-refractivity contribution in [1.29, 1.82) is 0 Å². The summed E-state index contributed by atoms with van der Waals surface area (Å²) >= 11 is 3.07. The fourth-order valence-corrected chi connectivity index (χ4v) is 4.73. The Labute approximate surface area is 208 Å². The van der Waals surface area contributed by atoms with Crippen molar-refractivity contribution in [2.24, 2.45) is 0 Å². The first-order chi connectivity index (χ1) is 16.3. The van der Waals surface area contributed by atoms with Gasteiger partial charge < -0.3 is 20.9 Å². The molecule has 3 rings (SSSR count). The number of para-hydroxylation sites is 2. The van der Waals surface area contributed by atoms with Crippen molar-refractivity contribution in [2.75, 3.05) is 23.0 Å². The van der Waals surface area contributed by atoms with E-state index < -0.39 is 11.9 Å². The predicted molar refractivity (Wildman–Crippen MR) is 139 cm³/mol. The summed E-state index contributed by atoms with van der Waals surface area (Å²) in [6.45, 7) is 3.66. The van der Waals surface area contributed by atoms with Crippen LogP contribution in [0.4, 0.5) is 11.4 Å². The number of esters is 2. The van der Waals surface area contributed by atoms with Crippen LogP contribution in [0.1, 0.15) is 34.6 Å². The zero-order valence-corrected chi connectivity index (χ0v) is 20.7. The molecule has 0 aliphatic heterocycles. The average molecular weight is 497 g/mol. The van der Waals surface area contributed by atoms with Crippen molar-refractivity contribution in [1.82, 2.24) is 0 Å². The number of nitrogens with two attached hydrogens (primary N) is 2. The van der Waals surface area contributed by atoms with E-state index in [0.717, 1.165) is 9.79 Å².